The molecule has 4 heteroatoms. The van der Waals surface area contributed by atoms with Crippen molar-refractivity contribution in [1.82, 2.24) is 4.57 Å². The lowest BCUT2D eigenvalue weighted by Crippen LogP contribution is -2.03. The minimum absolute atomic E-state index is 0.211. The van der Waals surface area contributed by atoms with Crippen LogP contribution in [0, 0.1) is 0 Å². The largest absolute Gasteiger partial charge is 0.496 e. The van der Waals surface area contributed by atoms with Crippen LogP contribution in [0.3, 0.4) is 0 Å². The van der Waals surface area contributed by atoms with E-state index in [9.17, 15) is 4.79 Å². The van der Waals surface area contributed by atoms with Gasteiger partial charge in [-0.15, -0.1) is 0 Å². The molecule has 0 saturated heterocycles. The highest BCUT2D eigenvalue weighted by Crippen LogP contribution is 2.28. The van der Waals surface area contributed by atoms with Gasteiger partial charge in [-0.25, -0.2) is 4.79 Å². The van der Waals surface area contributed by atoms with E-state index in [4.69, 9.17) is 9.84 Å². The van der Waals surface area contributed by atoms with Crippen LogP contribution in [0.25, 0.3) is 10.9 Å². The predicted octanol–water partition coefficient (Wildman–Crippen LogP) is 1.89. The Morgan fingerprint density at radius 3 is 2.73 bits per heavy atom. The van der Waals surface area contributed by atoms with Crippen molar-refractivity contribution < 1.29 is 14.6 Å². The van der Waals surface area contributed by atoms with Crippen molar-refractivity contribution in [3.8, 4) is 5.75 Å². The molecule has 0 atom stereocenters. The van der Waals surface area contributed by atoms with Crippen LogP contribution in [0.5, 0.6) is 5.75 Å². The van der Waals surface area contributed by atoms with Crippen LogP contribution in [0.4, 0.5) is 0 Å². The predicted molar refractivity (Wildman–Crippen MR) is 56.4 cm³/mol. The van der Waals surface area contributed by atoms with Gasteiger partial charge in [-0.2, -0.15) is 0 Å². The lowest BCUT2D eigenvalue weighted by Gasteiger charge is -2.07. The average molecular weight is 205 g/mol. The van der Waals surface area contributed by atoms with Crippen molar-refractivity contribution in [2.75, 3.05) is 7.11 Å². The Bertz CT molecular complexity index is 528. The second-order valence-corrected chi connectivity index (χ2v) is 3.31. The minimum atomic E-state index is -0.973. The van der Waals surface area contributed by atoms with Crippen molar-refractivity contribution in [3.05, 3.63) is 30.0 Å². The van der Waals surface area contributed by atoms with E-state index in [1.165, 1.54) is 7.11 Å². The van der Waals surface area contributed by atoms with Crippen molar-refractivity contribution in [2.24, 2.45) is 7.05 Å². The molecule has 1 heterocycles. The third-order valence-corrected chi connectivity index (χ3v) is 2.44. The van der Waals surface area contributed by atoms with Gasteiger partial charge in [-0.3, -0.25) is 0 Å². The summed E-state index contributed by atoms with van der Waals surface area (Å²) in [6.45, 7) is 0. The van der Waals surface area contributed by atoms with Gasteiger partial charge in [0, 0.05) is 18.6 Å². The van der Waals surface area contributed by atoms with E-state index in [2.05, 4.69) is 0 Å². The number of hydrogen-bond acceptors (Lipinski definition) is 2. The summed E-state index contributed by atoms with van der Waals surface area (Å²) in [5, 5.41) is 10.0. The third-order valence-electron chi connectivity index (χ3n) is 2.44. The van der Waals surface area contributed by atoms with E-state index in [0.29, 0.717) is 11.3 Å². The lowest BCUT2D eigenvalue weighted by atomic mass is 10.1. The second kappa shape index (κ2) is 3.31. The standard InChI is InChI=1S/C11H11NO3/c1-12-6-5-7-3-4-8(15-2)9(10(7)12)11(13)14/h3-6H,1-2H3,(H,13,14). The summed E-state index contributed by atoms with van der Waals surface area (Å²) in [7, 11) is 3.28. The number of ether oxygens (including phenoxy) is 1. The average Bonchev–Trinajstić information content (AvgIpc) is 2.59. The molecule has 0 amide bonds. The van der Waals surface area contributed by atoms with Crippen molar-refractivity contribution in [1.29, 1.82) is 0 Å². The van der Waals surface area contributed by atoms with Gasteiger partial charge >= 0.3 is 5.97 Å². The summed E-state index contributed by atoms with van der Waals surface area (Å²) < 4.78 is 6.82. The number of aromatic carboxylic acids is 1. The van der Waals surface area contributed by atoms with E-state index in [1.54, 1.807) is 10.6 Å². The van der Waals surface area contributed by atoms with Gasteiger partial charge in [0.25, 0.3) is 0 Å². The Balaban J connectivity index is 2.89. The zero-order valence-corrected chi connectivity index (χ0v) is 8.52. The van der Waals surface area contributed by atoms with Crippen LogP contribution in [0.15, 0.2) is 24.4 Å². The molecule has 0 spiro atoms. The maximum absolute atomic E-state index is 11.2. The quantitative estimate of drug-likeness (QED) is 0.814. The molecular weight excluding hydrogens is 194 g/mol. The minimum Gasteiger partial charge on any atom is -0.496 e. The molecule has 1 aromatic carbocycles. The summed E-state index contributed by atoms with van der Waals surface area (Å²) in [5.41, 5.74) is 0.893. The molecule has 0 aliphatic heterocycles. The van der Waals surface area contributed by atoms with Crippen LogP contribution < -0.4 is 4.74 Å². The smallest absolute Gasteiger partial charge is 0.341 e. The van der Waals surface area contributed by atoms with Crippen molar-refractivity contribution in [3.63, 3.8) is 0 Å². The molecule has 0 aliphatic rings. The van der Waals surface area contributed by atoms with Crippen LogP contribution in [0.1, 0.15) is 10.4 Å². The fraction of sp³-hybridized carbons (Fsp3) is 0.182. The number of aromatic nitrogens is 1. The molecular formula is C11H11NO3. The molecule has 2 rings (SSSR count). The first-order chi connectivity index (χ1) is 7.15. The third kappa shape index (κ3) is 1.34. The van der Waals surface area contributed by atoms with E-state index in [-0.39, 0.29) is 5.56 Å². The van der Waals surface area contributed by atoms with Gasteiger partial charge in [0.05, 0.1) is 12.6 Å². The number of rotatable bonds is 2. The molecule has 0 fully saturated rings. The van der Waals surface area contributed by atoms with E-state index < -0.39 is 5.97 Å². The van der Waals surface area contributed by atoms with Gasteiger partial charge < -0.3 is 14.4 Å². The Morgan fingerprint density at radius 2 is 2.13 bits per heavy atom. The maximum atomic E-state index is 11.2. The highest BCUT2D eigenvalue weighted by Gasteiger charge is 2.17. The molecule has 0 aliphatic carbocycles. The number of carbonyl (C=O) groups is 1. The number of hydrogen-bond donors (Lipinski definition) is 1. The summed E-state index contributed by atoms with van der Waals surface area (Å²) in [5.74, 6) is -0.587. The fourth-order valence-electron chi connectivity index (χ4n) is 1.75. The SMILES string of the molecule is COc1ccc2ccn(C)c2c1C(=O)O. The van der Waals surface area contributed by atoms with Gasteiger partial charge in [-0.1, -0.05) is 0 Å². The molecule has 1 aromatic heterocycles. The van der Waals surface area contributed by atoms with Crippen molar-refractivity contribution in [2.45, 2.75) is 0 Å². The first-order valence-corrected chi connectivity index (χ1v) is 4.50. The highest BCUT2D eigenvalue weighted by atomic mass is 16.5. The Morgan fingerprint density at radius 1 is 1.40 bits per heavy atom. The first-order valence-electron chi connectivity index (χ1n) is 4.50. The Labute approximate surface area is 86.7 Å². The molecule has 2 aromatic rings. The number of carboxylic acid groups (broad SMARTS) is 1. The summed E-state index contributed by atoms with van der Waals surface area (Å²) >= 11 is 0. The number of carboxylic acids is 1. The molecule has 0 saturated carbocycles. The Hall–Kier alpha value is -1.97. The van der Waals surface area contributed by atoms with Gasteiger partial charge in [0.1, 0.15) is 11.3 Å². The number of benzene rings is 1. The van der Waals surface area contributed by atoms with Gasteiger partial charge in [0.2, 0.25) is 0 Å². The normalized spacial score (nSPS) is 10.5. The fourth-order valence-corrected chi connectivity index (χ4v) is 1.75. The van der Waals surface area contributed by atoms with E-state index >= 15 is 0 Å². The number of methoxy groups -OCH3 is 1. The van der Waals surface area contributed by atoms with Crippen LogP contribution >= 0.6 is 0 Å². The summed E-state index contributed by atoms with van der Waals surface area (Å²) in [4.78, 5) is 11.2. The molecule has 78 valence electrons. The van der Waals surface area contributed by atoms with E-state index in [0.717, 1.165) is 5.39 Å². The van der Waals surface area contributed by atoms with Gasteiger partial charge in [-0.05, 0) is 18.2 Å². The molecule has 0 unspecified atom stereocenters. The van der Waals surface area contributed by atoms with Crippen LogP contribution in [0.2, 0.25) is 0 Å². The molecule has 1 N–H and O–H groups in total. The number of fused-ring (bicyclic) bond motifs is 1. The first kappa shape index (κ1) is 9.58. The zero-order valence-electron chi connectivity index (χ0n) is 8.52. The van der Waals surface area contributed by atoms with E-state index in [1.807, 2.05) is 25.4 Å². The zero-order chi connectivity index (χ0) is 11.0. The maximum Gasteiger partial charge on any atom is 0.341 e. The van der Waals surface area contributed by atoms with Gasteiger partial charge in [0.15, 0.2) is 0 Å². The molecule has 15 heavy (non-hydrogen) atoms. The number of aryl methyl sites for hydroxylation is 1. The number of nitrogens with zero attached hydrogens (tertiary/aromatic N) is 1. The van der Waals surface area contributed by atoms with Crippen LogP contribution in [-0.2, 0) is 7.05 Å². The summed E-state index contributed by atoms with van der Waals surface area (Å²) in [6.07, 6.45) is 1.83. The lowest BCUT2D eigenvalue weighted by molar-refractivity contribution is 0.0695. The van der Waals surface area contributed by atoms with Crippen molar-refractivity contribution >= 4 is 16.9 Å². The summed E-state index contributed by atoms with van der Waals surface area (Å²) in [6, 6.07) is 5.40. The molecule has 4 nitrogen and oxygen atoms in total. The topological polar surface area (TPSA) is 51.5 Å². The van der Waals surface area contributed by atoms with Crippen LogP contribution in [-0.4, -0.2) is 22.8 Å². The molecule has 0 bridgehead atoms. The monoisotopic (exact) mass is 205 g/mol. The molecule has 0 radical (unpaired) electrons. The second-order valence-electron chi connectivity index (χ2n) is 3.31. The Kier molecular flexibility index (Phi) is 2.11. The highest BCUT2D eigenvalue weighted by molar-refractivity contribution is 6.05.